The number of aliphatic hydroxyl groups excluding tert-OH is 2. The van der Waals surface area contributed by atoms with Crippen LogP contribution in [-0.2, 0) is 6.54 Å². The highest BCUT2D eigenvalue weighted by Gasteiger charge is 2.27. The minimum Gasteiger partial charge on any atom is -0.390 e. The summed E-state index contributed by atoms with van der Waals surface area (Å²) in [5.74, 6) is -0.0101. The maximum atomic E-state index is 10.2. The summed E-state index contributed by atoms with van der Waals surface area (Å²) in [4.78, 5) is 2.05. The van der Waals surface area contributed by atoms with Gasteiger partial charge in [-0.1, -0.05) is 13.8 Å². The smallest absolute Gasteiger partial charge is 0.123 e. The molecular weight excluding hydrogens is 298 g/mol. The Kier molecular flexibility index (Phi) is 5.78. The Balaban J connectivity index is 2.89. The van der Waals surface area contributed by atoms with Crippen molar-refractivity contribution in [3.63, 3.8) is 0 Å². The molecule has 1 aromatic rings. The molecule has 0 saturated heterocycles. The molecule has 1 heterocycles. The van der Waals surface area contributed by atoms with Crippen molar-refractivity contribution in [2.75, 3.05) is 20.6 Å². The zero-order valence-electron chi connectivity index (χ0n) is 11.3. The van der Waals surface area contributed by atoms with Gasteiger partial charge in [0.15, 0.2) is 0 Å². The van der Waals surface area contributed by atoms with Crippen LogP contribution in [0.5, 0.6) is 0 Å². The highest BCUT2D eigenvalue weighted by Crippen LogP contribution is 2.28. The molecule has 2 N–H and O–H groups in total. The van der Waals surface area contributed by atoms with E-state index in [1.54, 1.807) is 10.9 Å². The number of aromatic nitrogens is 2. The predicted octanol–water partition coefficient (Wildman–Crippen LogP) is 1.26. The van der Waals surface area contributed by atoms with Crippen molar-refractivity contribution < 1.29 is 10.2 Å². The molecule has 0 aliphatic carbocycles. The van der Waals surface area contributed by atoms with Crippen LogP contribution < -0.4 is 0 Å². The fraction of sp³-hybridized carbons (Fsp3) is 0.750. The fourth-order valence-electron chi connectivity index (χ4n) is 1.67. The van der Waals surface area contributed by atoms with Gasteiger partial charge in [-0.2, -0.15) is 5.10 Å². The van der Waals surface area contributed by atoms with Crippen molar-refractivity contribution in [1.29, 1.82) is 0 Å². The molecule has 6 heteroatoms. The average molecular weight is 320 g/mol. The number of nitrogens with zero attached hydrogens (tertiary/aromatic N) is 3. The van der Waals surface area contributed by atoms with Gasteiger partial charge in [0, 0.05) is 6.54 Å². The van der Waals surface area contributed by atoms with E-state index in [2.05, 4.69) is 21.0 Å². The monoisotopic (exact) mass is 319 g/mol. The summed E-state index contributed by atoms with van der Waals surface area (Å²) in [6, 6.07) is 0. The topological polar surface area (TPSA) is 61.5 Å². The van der Waals surface area contributed by atoms with E-state index >= 15 is 0 Å². The average Bonchev–Trinajstić information content (AvgIpc) is 2.65. The van der Waals surface area contributed by atoms with Gasteiger partial charge in [0.2, 0.25) is 0 Å². The van der Waals surface area contributed by atoms with E-state index < -0.39 is 12.2 Å². The van der Waals surface area contributed by atoms with E-state index in [9.17, 15) is 10.2 Å². The standard InChI is InChI=1S/C12H22BrN3O2/c1-8(2)11(17)12(18)10-9(13)7-14-16(10)6-5-15(3)4/h7-8,11-12,17-18H,5-6H2,1-4H3. The normalized spacial score (nSPS) is 15.4. The molecule has 0 aliphatic heterocycles. The molecule has 1 rings (SSSR count). The molecule has 1 aromatic heterocycles. The summed E-state index contributed by atoms with van der Waals surface area (Å²) in [6.07, 6.45) is -0.0681. The van der Waals surface area contributed by atoms with Crippen LogP contribution in [0.25, 0.3) is 0 Å². The molecule has 0 radical (unpaired) electrons. The van der Waals surface area contributed by atoms with Gasteiger partial charge in [0.25, 0.3) is 0 Å². The van der Waals surface area contributed by atoms with E-state index in [-0.39, 0.29) is 5.92 Å². The van der Waals surface area contributed by atoms with Crippen LogP contribution in [0, 0.1) is 5.92 Å². The summed E-state index contributed by atoms with van der Waals surface area (Å²) >= 11 is 3.37. The molecule has 0 fully saturated rings. The number of likely N-dealkylation sites (N-methyl/N-ethyl adjacent to an activating group) is 1. The van der Waals surface area contributed by atoms with Crippen LogP contribution in [0.1, 0.15) is 25.6 Å². The molecule has 2 atom stereocenters. The zero-order chi connectivity index (χ0) is 13.9. The first-order chi connectivity index (χ1) is 8.34. The Morgan fingerprint density at radius 2 is 2.00 bits per heavy atom. The van der Waals surface area contributed by atoms with Crippen molar-refractivity contribution >= 4 is 15.9 Å². The van der Waals surface area contributed by atoms with Gasteiger partial charge in [0.05, 0.1) is 29.0 Å². The number of hydrogen-bond donors (Lipinski definition) is 2. The van der Waals surface area contributed by atoms with Crippen molar-refractivity contribution in [3.8, 4) is 0 Å². The minimum atomic E-state index is -0.927. The van der Waals surface area contributed by atoms with Gasteiger partial charge < -0.3 is 15.1 Å². The highest BCUT2D eigenvalue weighted by molar-refractivity contribution is 9.10. The Bertz CT molecular complexity index is 379. The van der Waals surface area contributed by atoms with Crippen molar-refractivity contribution in [2.45, 2.75) is 32.6 Å². The minimum absolute atomic E-state index is 0.0101. The first-order valence-electron chi connectivity index (χ1n) is 6.06. The summed E-state index contributed by atoms with van der Waals surface area (Å²) in [5.41, 5.74) is 0.637. The van der Waals surface area contributed by atoms with Crippen molar-refractivity contribution in [1.82, 2.24) is 14.7 Å². The maximum Gasteiger partial charge on any atom is 0.123 e. The van der Waals surface area contributed by atoms with Gasteiger partial charge in [-0.15, -0.1) is 0 Å². The van der Waals surface area contributed by atoms with Crippen molar-refractivity contribution in [3.05, 3.63) is 16.4 Å². The molecule has 2 unspecified atom stereocenters. The molecule has 104 valence electrons. The SMILES string of the molecule is CC(C)C(O)C(O)c1c(Br)cnn1CCN(C)C. The van der Waals surface area contributed by atoms with Crippen LogP contribution in [0.4, 0.5) is 0 Å². The van der Waals surface area contributed by atoms with Gasteiger partial charge in [0.1, 0.15) is 6.10 Å². The van der Waals surface area contributed by atoms with Crippen LogP contribution in [-0.4, -0.2) is 51.6 Å². The van der Waals surface area contributed by atoms with Crippen LogP contribution in [0.15, 0.2) is 10.7 Å². The summed E-state index contributed by atoms with van der Waals surface area (Å²) in [7, 11) is 3.97. The van der Waals surface area contributed by atoms with Crippen LogP contribution in [0.3, 0.4) is 0 Å². The lowest BCUT2D eigenvalue weighted by molar-refractivity contribution is -0.0145. The molecule has 18 heavy (non-hydrogen) atoms. The zero-order valence-corrected chi connectivity index (χ0v) is 12.9. The lowest BCUT2D eigenvalue weighted by Crippen LogP contribution is -2.28. The Labute approximate surface area is 117 Å². The predicted molar refractivity (Wildman–Crippen MR) is 74.3 cm³/mol. The van der Waals surface area contributed by atoms with Gasteiger partial charge >= 0.3 is 0 Å². The van der Waals surface area contributed by atoms with E-state index in [1.807, 2.05) is 32.8 Å². The van der Waals surface area contributed by atoms with Gasteiger partial charge in [-0.3, -0.25) is 4.68 Å². The lowest BCUT2D eigenvalue weighted by atomic mass is 10.00. The van der Waals surface area contributed by atoms with Crippen LogP contribution in [0.2, 0.25) is 0 Å². The van der Waals surface area contributed by atoms with Crippen molar-refractivity contribution in [2.24, 2.45) is 5.92 Å². The summed E-state index contributed by atoms with van der Waals surface area (Å²) in [6.45, 7) is 5.26. The molecule has 0 aromatic carbocycles. The second kappa shape index (κ2) is 6.65. The number of aliphatic hydroxyl groups is 2. The quantitative estimate of drug-likeness (QED) is 0.828. The second-order valence-electron chi connectivity index (χ2n) is 5.08. The molecule has 0 spiro atoms. The van der Waals surface area contributed by atoms with E-state index in [4.69, 9.17) is 0 Å². The third-order valence-electron chi connectivity index (χ3n) is 2.88. The third-order valence-corrected chi connectivity index (χ3v) is 3.49. The molecule has 0 aliphatic rings. The van der Waals surface area contributed by atoms with Crippen LogP contribution >= 0.6 is 15.9 Å². The molecule has 5 nitrogen and oxygen atoms in total. The third kappa shape index (κ3) is 3.78. The van der Waals surface area contributed by atoms with E-state index in [1.165, 1.54) is 0 Å². The second-order valence-corrected chi connectivity index (χ2v) is 5.94. The maximum absolute atomic E-state index is 10.2. The fourth-order valence-corrected chi connectivity index (χ4v) is 2.20. The Morgan fingerprint density at radius 1 is 1.39 bits per heavy atom. The number of hydrogen-bond acceptors (Lipinski definition) is 4. The first-order valence-corrected chi connectivity index (χ1v) is 6.86. The van der Waals surface area contributed by atoms with E-state index in [0.29, 0.717) is 12.2 Å². The first kappa shape index (κ1) is 15.6. The number of halogens is 1. The highest BCUT2D eigenvalue weighted by atomic mass is 79.9. The molecule has 0 bridgehead atoms. The lowest BCUT2D eigenvalue weighted by Gasteiger charge is -2.23. The Morgan fingerprint density at radius 3 is 2.50 bits per heavy atom. The summed E-state index contributed by atoms with van der Waals surface area (Å²) < 4.78 is 2.47. The van der Waals surface area contributed by atoms with E-state index in [0.717, 1.165) is 11.0 Å². The largest absolute Gasteiger partial charge is 0.390 e. The molecule has 0 amide bonds. The summed E-state index contributed by atoms with van der Waals surface area (Å²) in [5, 5.41) is 24.4. The molecular formula is C12H22BrN3O2. The Hall–Kier alpha value is -0.430. The van der Waals surface area contributed by atoms with Gasteiger partial charge in [-0.25, -0.2) is 0 Å². The molecule has 0 saturated carbocycles. The van der Waals surface area contributed by atoms with Gasteiger partial charge in [-0.05, 0) is 35.9 Å². The number of rotatable bonds is 6.